The Morgan fingerprint density at radius 2 is 2.20 bits per heavy atom. The molecule has 6 nitrogen and oxygen atoms in total. The number of methoxy groups -OCH3 is 1. The van der Waals surface area contributed by atoms with Gasteiger partial charge in [0.25, 0.3) is 0 Å². The average molecular weight is 283 g/mol. The number of likely N-dealkylation sites (tertiary alicyclic amines) is 1. The fraction of sp³-hybridized carbons (Fsp3) is 0.857. The van der Waals surface area contributed by atoms with E-state index in [1.807, 2.05) is 4.90 Å². The average Bonchev–Trinajstić information content (AvgIpc) is 2.82. The van der Waals surface area contributed by atoms with E-state index < -0.39 is 0 Å². The van der Waals surface area contributed by atoms with Gasteiger partial charge in [0, 0.05) is 33.2 Å². The Labute approximate surface area is 120 Å². The van der Waals surface area contributed by atoms with Gasteiger partial charge in [0.1, 0.15) is 0 Å². The monoisotopic (exact) mass is 283 g/mol. The summed E-state index contributed by atoms with van der Waals surface area (Å²) in [5.74, 6) is 0.482. The van der Waals surface area contributed by atoms with Gasteiger partial charge in [0.2, 0.25) is 11.8 Å². The minimum Gasteiger partial charge on any atom is -0.383 e. The number of hydrogen-bond donors (Lipinski definition) is 2. The van der Waals surface area contributed by atoms with Crippen LogP contribution >= 0.6 is 0 Å². The molecule has 2 heterocycles. The Morgan fingerprint density at radius 3 is 2.90 bits per heavy atom. The molecule has 1 unspecified atom stereocenters. The Hall–Kier alpha value is -1.14. The van der Waals surface area contributed by atoms with Gasteiger partial charge in [-0.25, -0.2) is 0 Å². The Bertz CT molecular complexity index is 343. The predicted octanol–water partition coefficient (Wildman–Crippen LogP) is -0.403. The molecule has 1 atom stereocenters. The molecule has 2 rings (SSSR count). The summed E-state index contributed by atoms with van der Waals surface area (Å²) < 4.78 is 4.90. The summed E-state index contributed by atoms with van der Waals surface area (Å²) >= 11 is 0. The quantitative estimate of drug-likeness (QED) is 0.651. The number of hydrogen-bond acceptors (Lipinski definition) is 4. The standard InChI is InChI=1S/C14H25N3O3/c1-20-7-6-16-14(19)12-8-13(18)17(10-12)9-11-2-4-15-5-3-11/h11-12,15H,2-10H2,1H3,(H,16,19). The molecule has 2 aliphatic rings. The number of piperidine rings is 1. The molecular formula is C14H25N3O3. The van der Waals surface area contributed by atoms with Crippen LogP contribution in [-0.4, -0.2) is 63.2 Å². The van der Waals surface area contributed by atoms with Gasteiger partial charge in [-0.1, -0.05) is 0 Å². The first-order chi connectivity index (χ1) is 9.70. The maximum Gasteiger partial charge on any atom is 0.225 e. The molecule has 0 saturated carbocycles. The molecule has 2 fully saturated rings. The number of nitrogens with zero attached hydrogens (tertiary/aromatic N) is 1. The van der Waals surface area contributed by atoms with Crippen LogP contribution < -0.4 is 10.6 Å². The van der Waals surface area contributed by atoms with Crippen molar-refractivity contribution in [1.29, 1.82) is 0 Å². The number of amides is 2. The first-order valence-corrected chi connectivity index (χ1v) is 7.46. The minimum absolute atomic E-state index is 0.0248. The molecule has 0 radical (unpaired) electrons. The van der Waals surface area contributed by atoms with Gasteiger partial charge in [0.15, 0.2) is 0 Å². The first-order valence-electron chi connectivity index (χ1n) is 7.46. The van der Waals surface area contributed by atoms with Crippen molar-refractivity contribution in [3.63, 3.8) is 0 Å². The lowest BCUT2D eigenvalue weighted by Gasteiger charge is -2.27. The van der Waals surface area contributed by atoms with Crippen molar-refractivity contribution in [3.05, 3.63) is 0 Å². The van der Waals surface area contributed by atoms with Crippen LogP contribution in [0.2, 0.25) is 0 Å². The summed E-state index contributed by atoms with van der Waals surface area (Å²) in [4.78, 5) is 25.8. The summed E-state index contributed by atoms with van der Waals surface area (Å²) in [5, 5.41) is 6.14. The largest absolute Gasteiger partial charge is 0.383 e. The van der Waals surface area contributed by atoms with Gasteiger partial charge in [0.05, 0.1) is 12.5 Å². The highest BCUT2D eigenvalue weighted by Crippen LogP contribution is 2.22. The Kier molecular flexibility index (Phi) is 5.79. The van der Waals surface area contributed by atoms with Crippen molar-refractivity contribution < 1.29 is 14.3 Å². The maximum absolute atomic E-state index is 12.0. The van der Waals surface area contributed by atoms with Gasteiger partial charge in [-0.2, -0.15) is 0 Å². The van der Waals surface area contributed by atoms with E-state index in [2.05, 4.69) is 10.6 Å². The molecule has 0 aromatic carbocycles. The second-order valence-corrected chi connectivity index (χ2v) is 5.68. The molecule has 20 heavy (non-hydrogen) atoms. The molecule has 0 bridgehead atoms. The number of carbonyl (C=O) groups is 2. The maximum atomic E-state index is 12.0. The van der Waals surface area contributed by atoms with Crippen LogP contribution in [0.15, 0.2) is 0 Å². The SMILES string of the molecule is COCCNC(=O)C1CC(=O)N(CC2CCNCC2)C1. The zero-order valence-electron chi connectivity index (χ0n) is 12.2. The highest BCUT2D eigenvalue weighted by molar-refractivity contribution is 5.89. The van der Waals surface area contributed by atoms with E-state index in [4.69, 9.17) is 4.74 Å². The van der Waals surface area contributed by atoms with E-state index in [0.717, 1.165) is 32.5 Å². The molecule has 2 saturated heterocycles. The second kappa shape index (κ2) is 7.59. The molecule has 2 aliphatic heterocycles. The fourth-order valence-corrected chi connectivity index (χ4v) is 2.92. The van der Waals surface area contributed by atoms with E-state index in [0.29, 0.717) is 32.0 Å². The van der Waals surface area contributed by atoms with E-state index >= 15 is 0 Å². The Morgan fingerprint density at radius 1 is 1.45 bits per heavy atom. The summed E-state index contributed by atoms with van der Waals surface area (Å²) in [6.07, 6.45) is 2.59. The minimum atomic E-state index is -0.193. The number of rotatable bonds is 6. The molecule has 0 aromatic rings. The van der Waals surface area contributed by atoms with E-state index in [1.165, 1.54) is 0 Å². The summed E-state index contributed by atoms with van der Waals surface area (Å²) in [7, 11) is 1.60. The molecule has 0 aromatic heterocycles. The van der Waals surface area contributed by atoms with Crippen LogP contribution in [0.1, 0.15) is 19.3 Å². The van der Waals surface area contributed by atoms with Crippen LogP contribution in [0.25, 0.3) is 0 Å². The highest BCUT2D eigenvalue weighted by atomic mass is 16.5. The number of carbonyl (C=O) groups excluding carboxylic acids is 2. The van der Waals surface area contributed by atoms with E-state index in [1.54, 1.807) is 7.11 Å². The zero-order valence-corrected chi connectivity index (χ0v) is 12.2. The van der Waals surface area contributed by atoms with Gasteiger partial charge < -0.3 is 20.3 Å². The summed E-state index contributed by atoms with van der Waals surface area (Å²) in [6, 6.07) is 0. The second-order valence-electron chi connectivity index (χ2n) is 5.68. The van der Waals surface area contributed by atoms with E-state index in [9.17, 15) is 9.59 Å². The third-order valence-corrected chi connectivity index (χ3v) is 4.13. The van der Waals surface area contributed by atoms with Crippen molar-refractivity contribution >= 4 is 11.8 Å². The molecule has 2 N–H and O–H groups in total. The van der Waals surface area contributed by atoms with Crippen LogP contribution in [0.3, 0.4) is 0 Å². The first kappa shape index (κ1) is 15.3. The van der Waals surface area contributed by atoms with Gasteiger partial charge in [-0.15, -0.1) is 0 Å². The van der Waals surface area contributed by atoms with Gasteiger partial charge >= 0.3 is 0 Å². The van der Waals surface area contributed by atoms with Crippen LogP contribution in [0.4, 0.5) is 0 Å². The lowest BCUT2D eigenvalue weighted by Crippen LogP contribution is -2.38. The molecule has 2 amide bonds. The van der Waals surface area contributed by atoms with Gasteiger partial charge in [-0.05, 0) is 31.8 Å². The van der Waals surface area contributed by atoms with Crippen molar-refractivity contribution in [2.45, 2.75) is 19.3 Å². The third-order valence-electron chi connectivity index (χ3n) is 4.13. The normalized spacial score (nSPS) is 24.1. The predicted molar refractivity (Wildman–Crippen MR) is 75.2 cm³/mol. The van der Waals surface area contributed by atoms with Crippen molar-refractivity contribution in [1.82, 2.24) is 15.5 Å². The third kappa shape index (κ3) is 4.18. The van der Waals surface area contributed by atoms with Crippen LogP contribution in [-0.2, 0) is 14.3 Å². The molecule has 6 heteroatoms. The van der Waals surface area contributed by atoms with Crippen LogP contribution in [0.5, 0.6) is 0 Å². The lowest BCUT2D eigenvalue weighted by molar-refractivity contribution is -0.129. The number of nitrogens with one attached hydrogen (secondary N) is 2. The van der Waals surface area contributed by atoms with E-state index in [-0.39, 0.29) is 17.7 Å². The Balaban J connectivity index is 1.76. The molecular weight excluding hydrogens is 258 g/mol. The van der Waals surface area contributed by atoms with Crippen molar-refractivity contribution in [3.8, 4) is 0 Å². The zero-order chi connectivity index (χ0) is 14.4. The molecule has 0 spiro atoms. The smallest absolute Gasteiger partial charge is 0.225 e. The fourth-order valence-electron chi connectivity index (χ4n) is 2.92. The number of ether oxygens (including phenoxy) is 1. The summed E-state index contributed by atoms with van der Waals surface area (Å²) in [6.45, 7) is 4.46. The molecule has 114 valence electrons. The molecule has 0 aliphatic carbocycles. The lowest BCUT2D eigenvalue weighted by atomic mass is 9.98. The van der Waals surface area contributed by atoms with Crippen LogP contribution in [0, 0.1) is 11.8 Å². The summed E-state index contributed by atoms with van der Waals surface area (Å²) in [5.41, 5.74) is 0. The highest BCUT2D eigenvalue weighted by Gasteiger charge is 2.35. The van der Waals surface area contributed by atoms with Gasteiger partial charge in [-0.3, -0.25) is 9.59 Å². The van der Waals surface area contributed by atoms with Crippen molar-refractivity contribution in [2.75, 3.05) is 46.4 Å². The van der Waals surface area contributed by atoms with Crippen molar-refractivity contribution in [2.24, 2.45) is 11.8 Å². The topological polar surface area (TPSA) is 70.7 Å².